The molecule has 0 bridgehead atoms. The molecule has 0 saturated carbocycles. The molecule has 0 spiro atoms. The molecule has 76 heavy (non-hydrogen) atoms. The van der Waals surface area contributed by atoms with Gasteiger partial charge in [0.1, 0.15) is 12.7 Å². The first-order valence-electron chi connectivity index (χ1n) is 29.4. The highest BCUT2D eigenvalue weighted by molar-refractivity contribution is 7.47. The van der Waals surface area contributed by atoms with Crippen LogP contribution in [0.2, 0.25) is 0 Å². The zero-order valence-corrected chi connectivity index (χ0v) is 48.6. The molecule has 12 heteroatoms. The number of phosphoric ester groups is 1. The molecule has 0 amide bonds. The molecule has 3 atom stereocenters. The summed E-state index contributed by atoms with van der Waals surface area (Å²) in [5.74, 6) is -1.60. The molecular weight excluding hydrogens is 976 g/mol. The van der Waals surface area contributed by atoms with Crippen molar-refractivity contribution in [2.24, 2.45) is 0 Å². The summed E-state index contributed by atoms with van der Waals surface area (Å²) < 4.78 is 39.4. The zero-order chi connectivity index (χ0) is 55.5. The second-order valence-corrected chi connectivity index (χ2v) is 20.5. The molecule has 0 radical (unpaired) electrons. The zero-order valence-electron chi connectivity index (χ0n) is 47.7. The van der Waals surface area contributed by atoms with Crippen molar-refractivity contribution in [3.63, 3.8) is 0 Å². The number of ether oxygens (including phenoxy) is 3. The summed E-state index contributed by atoms with van der Waals surface area (Å²) in [5, 5.41) is 9.80. The maximum Gasteiger partial charge on any atom is 0.472 e. The normalized spacial score (nSPS) is 14.2. The third-order valence-electron chi connectivity index (χ3n) is 11.9. The number of carbonyl (C=O) groups excluding carboxylic acids is 3. The average molecular weight is 1080 g/mol. The monoisotopic (exact) mass is 1080 g/mol. The summed E-state index contributed by atoms with van der Waals surface area (Å²) in [6.07, 6.45) is 70.3. The molecule has 0 aromatic heterocycles. The third kappa shape index (κ3) is 54.7. The van der Waals surface area contributed by atoms with E-state index in [1.807, 2.05) is 12.2 Å². The van der Waals surface area contributed by atoms with Gasteiger partial charge < -0.3 is 24.2 Å². The van der Waals surface area contributed by atoms with Crippen LogP contribution in [0, 0.1) is 0 Å². The Labute approximate surface area is 462 Å². The van der Waals surface area contributed by atoms with Gasteiger partial charge in [-0.3, -0.25) is 23.4 Å². The second-order valence-electron chi connectivity index (χ2n) is 19.1. The Hall–Kier alpha value is -4.12. The lowest BCUT2D eigenvalue weighted by atomic mass is 10.1. The number of aliphatic hydroxyl groups is 1. The van der Waals surface area contributed by atoms with E-state index in [-0.39, 0.29) is 25.9 Å². The van der Waals surface area contributed by atoms with Gasteiger partial charge in [0.25, 0.3) is 0 Å². The number of carbonyl (C=O) groups is 3. The van der Waals surface area contributed by atoms with Gasteiger partial charge in [-0.05, 0) is 116 Å². The maximum absolute atomic E-state index is 12.9. The molecule has 0 heterocycles. The number of unbranched alkanes of at least 4 members (excludes halogenated alkanes) is 16. The van der Waals surface area contributed by atoms with Crippen LogP contribution in [0.15, 0.2) is 122 Å². The summed E-state index contributed by atoms with van der Waals surface area (Å²) in [7, 11) is -4.78. The Bertz CT molecular complexity index is 1740. The van der Waals surface area contributed by atoms with E-state index < -0.39 is 57.8 Å². The number of rotatable bonds is 53. The van der Waals surface area contributed by atoms with Gasteiger partial charge in [-0.25, -0.2) is 4.57 Å². The molecule has 432 valence electrons. The lowest BCUT2D eigenvalue weighted by Gasteiger charge is -2.21. The topological polar surface area (TPSA) is 155 Å². The lowest BCUT2D eigenvalue weighted by molar-refractivity contribution is -0.161. The van der Waals surface area contributed by atoms with Gasteiger partial charge in [-0.1, -0.05) is 213 Å². The molecule has 0 fully saturated rings. The largest absolute Gasteiger partial charge is 0.472 e. The van der Waals surface area contributed by atoms with Gasteiger partial charge in [0.05, 0.1) is 19.8 Å². The number of hydrogen-bond donors (Lipinski definition) is 2. The van der Waals surface area contributed by atoms with Gasteiger partial charge in [0.15, 0.2) is 6.10 Å². The first kappa shape index (κ1) is 71.9. The Morgan fingerprint density at radius 1 is 0.382 bits per heavy atom. The predicted molar refractivity (Wildman–Crippen MR) is 316 cm³/mol. The van der Waals surface area contributed by atoms with Crippen LogP contribution >= 0.6 is 7.82 Å². The maximum atomic E-state index is 12.9. The van der Waals surface area contributed by atoms with E-state index in [9.17, 15) is 28.9 Å². The molecule has 0 aliphatic heterocycles. The van der Waals surface area contributed by atoms with E-state index in [0.717, 1.165) is 128 Å². The Morgan fingerprint density at radius 3 is 1.16 bits per heavy atom. The van der Waals surface area contributed by atoms with Crippen molar-refractivity contribution in [1.82, 2.24) is 0 Å². The summed E-state index contributed by atoms with van der Waals surface area (Å²) in [6.45, 7) is 4.34. The molecule has 0 saturated heterocycles. The van der Waals surface area contributed by atoms with Gasteiger partial charge in [-0.15, -0.1) is 0 Å². The van der Waals surface area contributed by atoms with E-state index in [0.29, 0.717) is 19.3 Å². The fraction of sp³-hybridized carbons (Fsp3) is 0.641. The molecule has 0 aromatic carbocycles. The number of allylic oxidation sites excluding steroid dienone is 20. The fourth-order valence-corrected chi connectivity index (χ4v) is 8.15. The lowest BCUT2D eigenvalue weighted by Crippen LogP contribution is -2.30. The van der Waals surface area contributed by atoms with E-state index in [1.165, 1.54) is 38.5 Å². The minimum atomic E-state index is -4.78. The second kappa shape index (κ2) is 57.1. The summed E-state index contributed by atoms with van der Waals surface area (Å²) in [5.41, 5.74) is 0. The highest BCUT2D eigenvalue weighted by Gasteiger charge is 2.28. The Morgan fingerprint density at radius 2 is 0.724 bits per heavy atom. The first-order valence-corrected chi connectivity index (χ1v) is 30.9. The number of aliphatic hydroxyl groups excluding tert-OH is 1. The van der Waals surface area contributed by atoms with Crippen LogP contribution in [0.25, 0.3) is 0 Å². The van der Waals surface area contributed by atoms with Crippen molar-refractivity contribution in [3.05, 3.63) is 122 Å². The summed E-state index contributed by atoms with van der Waals surface area (Å²) in [6, 6.07) is 0. The van der Waals surface area contributed by atoms with Gasteiger partial charge in [0, 0.05) is 19.3 Å². The smallest absolute Gasteiger partial charge is 0.462 e. The molecule has 0 rings (SSSR count). The highest BCUT2D eigenvalue weighted by Crippen LogP contribution is 2.43. The van der Waals surface area contributed by atoms with Gasteiger partial charge in [0.2, 0.25) is 0 Å². The van der Waals surface area contributed by atoms with E-state index in [1.54, 1.807) is 0 Å². The van der Waals surface area contributed by atoms with Crippen LogP contribution in [-0.2, 0) is 42.2 Å². The van der Waals surface area contributed by atoms with Crippen molar-refractivity contribution in [2.75, 3.05) is 26.4 Å². The van der Waals surface area contributed by atoms with Crippen molar-refractivity contribution < 1.29 is 52.2 Å². The molecule has 2 N–H and O–H groups in total. The molecule has 3 unspecified atom stereocenters. The van der Waals surface area contributed by atoms with Crippen LogP contribution in [0.1, 0.15) is 226 Å². The van der Waals surface area contributed by atoms with E-state index >= 15 is 0 Å². The number of phosphoric acid groups is 1. The van der Waals surface area contributed by atoms with Crippen LogP contribution in [0.4, 0.5) is 0 Å². The van der Waals surface area contributed by atoms with Crippen molar-refractivity contribution >= 4 is 25.7 Å². The van der Waals surface area contributed by atoms with Crippen LogP contribution in [0.3, 0.4) is 0 Å². The molecule has 11 nitrogen and oxygen atoms in total. The number of hydrogen-bond acceptors (Lipinski definition) is 10. The summed E-state index contributed by atoms with van der Waals surface area (Å²) in [4.78, 5) is 48.5. The average Bonchev–Trinajstić information content (AvgIpc) is 3.41. The SMILES string of the molecule is CC/C=C\C/C=C\C/C=C\C/C=C\C/C=C\C/C=C\CCC(=O)OCC(COP(=O)(O)OCC(CO)OC(=O)CCCCCCC/C=C\CCCC)OC(=O)CCCCCCCC/C=C\C/C=C\C/C=C\CCCCC. The van der Waals surface area contributed by atoms with Crippen LogP contribution in [-0.4, -0.2) is 66.5 Å². The predicted octanol–water partition coefficient (Wildman–Crippen LogP) is 17.6. The van der Waals surface area contributed by atoms with Crippen molar-refractivity contribution in [3.8, 4) is 0 Å². The molecule has 0 aromatic rings. The molecule has 0 aliphatic rings. The van der Waals surface area contributed by atoms with Gasteiger partial charge in [-0.2, -0.15) is 0 Å². The van der Waals surface area contributed by atoms with Crippen LogP contribution in [0.5, 0.6) is 0 Å². The third-order valence-corrected chi connectivity index (χ3v) is 12.8. The summed E-state index contributed by atoms with van der Waals surface area (Å²) >= 11 is 0. The first-order chi connectivity index (χ1) is 37.2. The van der Waals surface area contributed by atoms with E-state index in [2.05, 4.69) is 130 Å². The standard InChI is InChI=1S/C64H105O11P/c1-4-7-10-13-16-19-22-24-26-28-30-32-34-36-39-41-44-47-50-53-62(66)71-57-61(75-64(68)55-52-49-46-43-40-37-35-33-31-29-27-25-23-20-17-14-11-8-5-2)59-73-76(69,70)72-58-60(56-65)74-63(67)54-51-48-45-42-38-21-18-15-12-9-6-3/h7,10,15-20,24-27,30-33,36,39,44,47,60-61,65H,4-6,8-9,11-14,21-23,28-29,34-35,37-38,40-43,45-46,48-59H2,1-3H3,(H,69,70)/b10-7-,18-15-,19-16-,20-17-,26-24-,27-25-,32-30-,33-31-,39-36-,47-44-. The Kier molecular flexibility index (Phi) is 54.0. The van der Waals surface area contributed by atoms with Gasteiger partial charge >= 0.3 is 25.7 Å². The Balaban J connectivity index is 4.88. The number of esters is 3. The van der Waals surface area contributed by atoms with Crippen LogP contribution < -0.4 is 0 Å². The highest BCUT2D eigenvalue weighted by atomic mass is 31.2. The van der Waals surface area contributed by atoms with Crippen molar-refractivity contribution in [2.45, 2.75) is 238 Å². The molecular formula is C64H105O11P. The quantitative estimate of drug-likeness (QED) is 0.0197. The fourth-order valence-electron chi connectivity index (χ4n) is 7.37. The molecule has 0 aliphatic carbocycles. The minimum Gasteiger partial charge on any atom is -0.462 e. The van der Waals surface area contributed by atoms with Crippen molar-refractivity contribution in [1.29, 1.82) is 0 Å². The van der Waals surface area contributed by atoms with E-state index in [4.69, 9.17) is 23.3 Å². The minimum absolute atomic E-state index is 0.0919.